The predicted octanol–water partition coefficient (Wildman–Crippen LogP) is 1.03. The second-order valence-electron chi connectivity index (χ2n) is 6.64. The van der Waals surface area contributed by atoms with Crippen LogP contribution in [0.25, 0.3) is 11.2 Å². The molecule has 0 atom stereocenters. The number of aromatic amines is 1. The molecule has 0 unspecified atom stereocenters. The second-order valence-corrected chi connectivity index (χ2v) is 9.19. The van der Waals surface area contributed by atoms with Crippen LogP contribution >= 0.6 is 0 Å². The molecule has 9 heteroatoms. The van der Waals surface area contributed by atoms with Crippen molar-refractivity contribution in [3.05, 3.63) is 28.4 Å². The molecule has 0 bridgehead atoms. The minimum atomic E-state index is -2.57. The first-order valence-corrected chi connectivity index (χ1v) is 9.78. The number of carbonyl (C=O) groups is 1. The maximum atomic E-state index is 12.8. The van der Waals surface area contributed by atoms with E-state index in [1.54, 1.807) is 0 Å². The number of pyridine rings is 1. The van der Waals surface area contributed by atoms with Gasteiger partial charge in [0.1, 0.15) is 5.69 Å². The van der Waals surface area contributed by atoms with Crippen LogP contribution in [0.3, 0.4) is 0 Å². The molecule has 1 saturated carbocycles. The number of nitrogens with two attached hydrogens (primary N) is 1. The molecule has 3 heterocycles. The Morgan fingerprint density at radius 1 is 1.38 bits per heavy atom. The Hall–Kier alpha value is -2.00. The predicted molar refractivity (Wildman–Crippen MR) is 88.1 cm³/mol. The topological polar surface area (TPSA) is 131 Å². The van der Waals surface area contributed by atoms with Crippen LogP contribution in [-0.4, -0.2) is 37.1 Å². The quantitative estimate of drug-likeness (QED) is 0.831. The second kappa shape index (κ2) is 5.25. The van der Waals surface area contributed by atoms with E-state index in [2.05, 4.69) is 14.3 Å². The number of H-pyrrole nitrogens is 1. The van der Waals surface area contributed by atoms with Gasteiger partial charge < -0.3 is 10.2 Å². The molecule has 1 saturated heterocycles. The largest absolute Gasteiger partial charge is 0.418 e. The molecule has 2 aromatic heterocycles. The van der Waals surface area contributed by atoms with Gasteiger partial charge in [-0.15, -0.1) is 0 Å². The average Bonchev–Trinajstić information content (AvgIpc) is 3.16. The van der Waals surface area contributed by atoms with Gasteiger partial charge in [0.15, 0.2) is 11.2 Å². The standard InChI is InChI=1S/C15H18N4O4S/c16-15(5-6-15)9-3-7-24(22,8-4-9)19-13(20)10-1-2-11-12(17-10)18-14(21)23-11/h1-2,9H,3-8,16H2,(H,17,18,21). The molecule has 128 valence electrons. The van der Waals surface area contributed by atoms with Crippen LogP contribution in [0.2, 0.25) is 0 Å². The summed E-state index contributed by atoms with van der Waals surface area (Å²) in [5.41, 5.74) is 6.63. The number of aromatic nitrogens is 2. The third kappa shape index (κ3) is 2.78. The maximum absolute atomic E-state index is 12.8. The van der Waals surface area contributed by atoms with Gasteiger partial charge in [0.25, 0.3) is 0 Å². The normalized spacial score (nSPS) is 28.6. The van der Waals surface area contributed by atoms with E-state index in [4.69, 9.17) is 10.2 Å². The number of hydrogen-bond donors (Lipinski definition) is 2. The van der Waals surface area contributed by atoms with E-state index in [-0.39, 0.29) is 22.5 Å². The number of carbonyl (C=O) groups excluding carboxylic acids is 1. The number of fused-ring (bicyclic) bond motifs is 1. The molecule has 1 amide bonds. The van der Waals surface area contributed by atoms with Gasteiger partial charge in [0, 0.05) is 17.0 Å². The highest BCUT2D eigenvalue weighted by Crippen LogP contribution is 2.44. The van der Waals surface area contributed by atoms with Gasteiger partial charge in [-0.2, -0.15) is 4.36 Å². The average molecular weight is 350 g/mol. The molecule has 0 radical (unpaired) electrons. The molecule has 2 aromatic rings. The smallest absolute Gasteiger partial charge is 0.406 e. The van der Waals surface area contributed by atoms with Crippen molar-refractivity contribution in [1.29, 1.82) is 0 Å². The van der Waals surface area contributed by atoms with Crippen molar-refractivity contribution in [2.45, 2.75) is 31.2 Å². The molecule has 3 N–H and O–H groups in total. The van der Waals surface area contributed by atoms with Gasteiger partial charge >= 0.3 is 11.7 Å². The third-order valence-electron chi connectivity index (χ3n) is 4.96. The molecule has 1 aliphatic carbocycles. The highest BCUT2D eigenvalue weighted by Gasteiger charge is 2.46. The van der Waals surface area contributed by atoms with Crippen LogP contribution < -0.4 is 11.5 Å². The first-order valence-electron chi connectivity index (χ1n) is 7.93. The minimum Gasteiger partial charge on any atom is -0.406 e. The Kier molecular flexibility index (Phi) is 3.40. The summed E-state index contributed by atoms with van der Waals surface area (Å²) in [7, 11) is -2.57. The number of nitrogens with zero attached hydrogens (tertiary/aromatic N) is 2. The first-order chi connectivity index (χ1) is 11.4. The number of nitrogens with one attached hydrogen (secondary N) is 1. The lowest BCUT2D eigenvalue weighted by Crippen LogP contribution is -2.38. The van der Waals surface area contributed by atoms with Crippen molar-refractivity contribution in [2.75, 3.05) is 11.5 Å². The van der Waals surface area contributed by atoms with Gasteiger partial charge in [-0.1, -0.05) is 0 Å². The molecule has 0 spiro atoms. The summed E-state index contributed by atoms with van der Waals surface area (Å²) in [4.78, 5) is 29.8. The molecule has 2 fully saturated rings. The van der Waals surface area contributed by atoms with Gasteiger partial charge in [0.2, 0.25) is 0 Å². The molecular formula is C15H18N4O4S. The van der Waals surface area contributed by atoms with E-state index < -0.39 is 21.4 Å². The molecule has 4 rings (SSSR count). The summed E-state index contributed by atoms with van der Waals surface area (Å²) in [5.74, 6) is -0.0986. The summed E-state index contributed by atoms with van der Waals surface area (Å²) < 4.78 is 21.6. The Bertz CT molecular complexity index is 980. The lowest BCUT2D eigenvalue weighted by molar-refractivity contribution is 0.100. The summed E-state index contributed by atoms with van der Waals surface area (Å²) >= 11 is 0. The van der Waals surface area contributed by atoms with Gasteiger partial charge in [0.05, 0.1) is 9.73 Å². The van der Waals surface area contributed by atoms with Crippen molar-refractivity contribution in [3.63, 3.8) is 0 Å². The molecule has 8 nitrogen and oxygen atoms in total. The number of oxazole rings is 1. The van der Waals surface area contributed by atoms with E-state index in [0.29, 0.717) is 17.4 Å². The van der Waals surface area contributed by atoms with Crippen LogP contribution in [0.1, 0.15) is 36.2 Å². The van der Waals surface area contributed by atoms with Crippen molar-refractivity contribution >= 4 is 26.9 Å². The molecule has 24 heavy (non-hydrogen) atoms. The Morgan fingerprint density at radius 3 is 2.75 bits per heavy atom. The van der Waals surface area contributed by atoms with Crippen LogP contribution in [-0.2, 0) is 9.73 Å². The molecule has 0 aromatic carbocycles. The minimum absolute atomic E-state index is 0.0434. The molecule has 1 aliphatic heterocycles. The van der Waals surface area contributed by atoms with E-state index >= 15 is 0 Å². The lowest BCUT2D eigenvalue weighted by Gasteiger charge is -2.28. The zero-order valence-electron chi connectivity index (χ0n) is 13.0. The monoisotopic (exact) mass is 350 g/mol. The summed E-state index contributed by atoms with van der Waals surface area (Å²) in [6.07, 6.45) is 3.55. The fraction of sp³-hybridized carbons (Fsp3) is 0.533. The fourth-order valence-corrected chi connectivity index (χ4v) is 5.36. The number of rotatable bonds is 2. The lowest BCUT2D eigenvalue weighted by atomic mass is 9.92. The molecular weight excluding hydrogens is 332 g/mol. The molecule has 2 aliphatic rings. The van der Waals surface area contributed by atoms with E-state index in [0.717, 1.165) is 25.7 Å². The highest BCUT2D eigenvalue weighted by molar-refractivity contribution is 7.93. The van der Waals surface area contributed by atoms with Gasteiger partial charge in [-0.3, -0.25) is 9.78 Å². The maximum Gasteiger partial charge on any atom is 0.418 e. The van der Waals surface area contributed by atoms with Crippen molar-refractivity contribution in [3.8, 4) is 0 Å². The zero-order valence-corrected chi connectivity index (χ0v) is 13.8. The summed E-state index contributed by atoms with van der Waals surface area (Å²) in [5, 5.41) is 0. The first kappa shape index (κ1) is 15.5. The van der Waals surface area contributed by atoms with Crippen LogP contribution in [0, 0.1) is 5.92 Å². The van der Waals surface area contributed by atoms with Gasteiger partial charge in [-0.05, 0) is 43.7 Å². The summed E-state index contributed by atoms with van der Waals surface area (Å²) in [6.45, 7) is 0. The third-order valence-corrected chi connectivity index (χ3v) is 7.21. The van der Waals surface area contributed by atoms with Crippen LogP contribution in [0.4, 0.5) is 0 Å². The van der Waals surface area contributed by atoms with E-state index in [1.807, 2.05) is 0 Å². The SMILES string of the molecule is NC1(C2CCS(=O)(=NC(=O)c3ccc4oc(=O)[nH]c4n3)CC2)CC1. The Labute approximate surface area is 138 Å². The number of amides is 1. The van der Waals surface area contributed by atoms with Crippen LogP contribution in [0.15, 0.2) is 25.7 Å². The van der Waals surface area contributed by atoms with Crippen LogP contribution in [0.5, 0.6) is 0 Å². The Balaban J connectivity index is 1.56. The number of hydrogen-bond acceptors (Lipinski definition) is 6. The van der Waals surface area contributed by atoms with E-state index in [1.165, 1.54) is 12.1 Å². The summed E-state index contributed by atoms with van der Waals surface area (Å²) in [6, 6.07) is 2.89. The highest BCUT2D eigenvalue weighted by atomic mass is 32.2. The zero-order chi connectivity index (χ0) is 16.9. The van der Waals surface area contributed by atoms with E-state index in [9.17, 15) is 13.8 Å². The van der Waals surface area contributed by atoms with Crippen molar-refractivity contribution < 1.29 is 13.4 Å². The fourth-order valence-electron chi connectivity index (χ4n) is 3.28. The van der Waals surface area contributed by atoms with Crippen molar-refractivity contribution in [1.82, 2.24) is 9.97 Å². The Morgan fingerprint density at radius 2 is 2.08 bits per heavy atom. The van der Waals surface area contributed by atoms with Gasteiger partial charge in [-0.25, -0.2) is 14.0 Å². The van der Waals surface area contributed by atoms with Crippen molar-refractivity contribution in [2.24, 2.45) is 16.0 Å².